The lowest BCUT2D eigenvalue weighted by atomic mass is 10.0. The van der Waals surface area contributed by atoms with Gasteiger partial charge in [0.25, 0.3) is 0 Å². The van der Waals surface area contributed by atoms with Gasteiger partial charge >= 0.3 is 0 Å². The summed E-state index contributed by atoms with van der Waals surface area (Å²) in [5.74, 6) is -0.0419. The van der Waals surface area contributed by atoms with Crippen LogP contribution in [-0.4, -0.2) is 11.9 Å². The number of rotatable bonds is 3. The molecule has 2 N–H and O–H groups in total. The minimum Gasteiger partial charge on any atom is -0.379 e. The van der Waals surface area contributed by atoms with Crippen LogP contribution in [0, 0.1) is 0 Å². The molecule has 1 aliphatic rings. The van der Waals surface area contributed by atoms with E-state index in [-0.39, 0.29) is 5.91 Å². The molecule has 1 aromatic rings. The van der Waals surface area contributed by atoms with Gasteiger partial charge in [-0.2, -0.15) is 0 Å². The first kappa shape index (κ1) is 11.7. The van der Waals surface area contributed by atoms with Crippen molar-refractivity contribution in [2.24, 2.45) is 0 Å². The van der Waals surface area contributed by atoms with Crippen LogP contribution in [0.2, 0.25) is 0 Å². The van der Waals surface area contributed by atoms with Crippen LogP contribution in [0.4, 0.5) is 11.4 Å². The Morgan fingerprint density at radius 2 is 2.18 bits per heavy atom. The third-order valence-corrected chi connectivity index (χ3v) is 2.79. The molecule has 0 saturated heterocycles. The number of benzene rings is 1. The molecular weight excluding hydrogens is 212 g/mol. The molecule has 2 rings (SSSR count). The van der Waals surface area contributed by atoms with Gasteiger partial charge < -0.3 is 10.6 Å². The van der Waals surface area contributed by atoms with E-state index in [0.717, 1.165) is 11.4 Å². The normalized spacial score (nSPS) is 18.8. The second-order valence-electron chi connectivity index (χ2n) is 4.37. The van der Waals surface area contributed by atoms with E-state index in [1.165, 1.54) is 26.2 Å². The lowest BCUT2D eigenvalue weighted by molar-refractivity contribution is -0.114. The second-order valence-corrected chi connectivity index (χ2v) is 4.37. The summed E-state index contributed by atoms with van der Waals surface area (Å²) in [7, 11) is 0. The van der Waals surface area contributed by atoms with Crippen LogP contribution >= 0.6 is 0 Å². The molecule has 1 amide bonds. The minimum absolute atomic E-state index is 0.0419. The topological polar surface area (TPSA) is 41.1 Å². The summed E-state index contributed by atoms with van der Waals surface area (Å²) >= 11 is 0. The number of anilines is 2. The van der Waals surface area contributed by atoms with Crippen LogP contribution in [0.25, 0.3) is 0 Å². The average Bonchev–Trinajstić information content (AvgIpc) is 2.30. The second kappa shape index (κ2) is 5.53. The number of allylic oxidation sites excluding steroid dienone is 1. The maximum absolute atomic E-state index is 11.0. The fourth-order valence-corrected chi connectivity index (χ4v) is 2.04. The van der Waals surface area contributed by atoms with Gasteiger partial charge in [0.15, 0.2) is 0 Å². The monoisotopic (exact) mass is 230 g/mol. The van der Waals surface area contributed by atoms with Crippen molar-refractivity contribution >= 4 is 17.3 Å². The highest BCUT2D eigenvalue weighted by Gasteiger charge is 2.07. The minimum atomic E-state index is -0.0419. The van der Waals surface area contributed by atoms with Gasteiger partial charge in [0.1, 0.15) is 0 Å². The molecule has 0 bridgehead atoms. The molecule has 0 spiro atoms. The lowest BCUT2D eigenvalue weighted by Gasteiger charge is -2.19. The Kier molecular flexibility index (Phi) is 3.81. The van der Waals surface area contributed by atoms with E-state index < -0.39 is 0 Å². The van der Waals surface area contributed by atoms with Crippen LogP contribution in [0.1, 0.15) is 26.2 Å². The van der Waals surface area contributed by atoms with Gasteiger partial charge in [-0.1, -0.05) is 18.2 Å². The van der Waals surface area contributed by atoms with Crippen molar-refractivity contribution in [2.75, 3.05) is 10.6 Å². The van der Waals surface area contributed by atoms with Gasteiger partial charge in [0.05, 0.1) is 0 Å². The first-order valence-electron chi connectivity index (χ1n) is 6.05. The summed E-state index contributed by atoms with van der Waals surface area (Å²) < 4.78 is 0. The largest absolute Gasteiger partial charge is 0.379 e. The van der Waals surface area contributed by atoms with E-state index in [0.29, 0.717) is 6.04 Å². The first-order chi connectivity index (χ1) is 8.24. The molecule has 0 aliphatic heterocycles. The Morgan fingerprint density at radius 3 is 2.88 bits per heavy atom. The molecule has 0 saturated carbocycles. The average molecular weight is 230 g/mol. The van der Waals surface area contributed by atoms with Crippen molar-refractivity contribution in [3.8, 4) is 0 Å². The van der Waals surface area contributed by atoms with E-state index in [2.05, 4.69) is 22.8 Å². The molecular formula is C14H18N2O. The number of amides is 1. The van der Waals surface area contributed by atoms with Crippen LogP contribution in [0.3, 0.4) is 0 Å². The first-order valence-corrected chi connectivity index (χ1v) is 6.05. The van der Waals surface area contributed by atoms with Crippen molar-refractivity contribution in [2.45, 2.75) is 32.2 Å². The predicted octanol–water partition coefficient (Wildman–Crippen LogP) is 3.17. The molecule has 0 heterocycles. The van der Waals surface area contributed by atoms with Gasteiger partial charge in [0, 0.05) is 24.3 Å². The van der Waals surface area contributed by atoms with Crippen molar-refractivity contribution in [3.05, 3.63) is 36.4 Å². The molecule has 0 radical (unpaired) electrons. The van der Waals surface area contributed by atoms with E-state index in [1.807, 2.05) is 24.3 Å². The SMILES string of the molecule is CC(=O)Nc1cccc(NC2C=CCCC2)c1. The predicted molar refractivity (Wildman–Crippen MR) is 71.1 cm³/mol. The van der Waals surface area contributed by atoms with Gasteiger partial charge in [-0.05, 0) is 37.5 Å². The van der Waals surface area contributed by atoms with Crippen LogP contribution in [0.15, 0.2) is 36.4 Å². The Bertz CT molecular complexity index is 426. The van der Waals surface area contributed by atoms with Crippen molar-refractivity contribution < 1.29 is 4.79 Å². The van der Waals surface area contributed by atoms with E-state index in [1.54, 1.807) is 0 Å². The summed E-state index contributed by atoms with van der Waals surface area (Å²) in [6.07, 6.45) is 8.03. The molecule has 1 aromatic carbocycles. The number of hydrogen-bond acceptors (Lipinski definition) is 2. The lowest BCUT2D eigenvalue weighted by Crippen LogP contribution is -2.18. The molecule has 90 valence electrons. The Labute approximate surface area is 102 Å². The van der Waals surface area contributed by atoms with Crippen LogP contribution in [0.5, 0.6) is 0 Å². The van der Waals surface area contributed by atoms with E-state index >= 15 is 0 Å². The van der Waals surface area contributed by atoms with E-state index in [9.17, 15) is 4.79 Å². The van der Waals surface area contributed by atoms with E-state index in [4.69, 9.17) is 0 Å². The molecule has 0 aromatic heterocycles. The Morgan fingerprint density at radius 1 is 1.35 bits per heavy atom. The fraction of sp³-hybridized carbons (Fsp3) is 0.357. The summed E-state index contributed by atoms with van der Waals surface area (Å²) in [4.78, 5) is 11.0. The number of nitrogens with one attached hydrogen (secondary N) is 2. The fourth-order valence-electron chi connectivity index (χ4n) is 2.04. The zero-order valence-electron chi connectivity index (χ0n) is 10.1. The zero-order valence-corrected chi connectivity index (χ0v) is 10.1. The van der Waals surface area contributed by atoms with Gasteiger partial charge in [-0.25, -0.2) is 0 Å². The standard InChI is InChI=1S/C14H18N2O/c1-11(17)15-13-8-5-9-14(10-13)16-12-6-3-2-4-7-12/h3,5-6,8-10,12,16H,2,4,7H2,1H3,(H,15,17). The maximum atomic E-state index is 11.0. The summed E-state index contributed by atoms with van der Waals surface area (Å²) in [6, 6.07) is 8.23. The van der Waals surface area contributed by atoms with Crippen LogP contribution < -0.4 is 10.6 Å². The van der Waals surface area contributed by atoms with Crippen molar-refractivity contribution in [3.63, 3.8) is 0 Å². The zero-order chi connectivity index (χ0) is 12.1. The summed E-state index contributed by atoms with van der Waals surface area (Å²) in [6.45, 7) is 1.52. The third-order valence-electron chi connectivity index (χ3n) is 2.79. The molecule has 17 heavy (non-hydrogen) atoms. The number of carbonyl (C=O) groups excluding carboxylic acids is 1. The van der Waals surface area contributed by atoms with Crippen LogP contribution in [-0.2, 0) is 4.79 Å². The summed E-state index contributed by atoms with van der Waals surface area (Å²) in [5.41, 5.74) is 1.88. The van der Waals surface area contributed by atoms with Gasteiger partial charge in [-0.15, -0.1) is 0 Å². The molecule has 3 nitrogen and oxygen atoms in total. The quantitative estimate of drug-likeness (QED) is 0.783. The van der Waals surface area contributed by atoms with Crippen molar-refractivity contribution in [1.29, 1.82) is 0 Å². The highest BCUT2D eigenvalue weighted by molar-refractivity contribution is 5.89. The summed E-state index contributed by atoms with van der Waals surface area (Å²) in [5, 5.41) is 6.24. The maximum Gasteiger partial charge on any atom is 0.221 e. The molecule has 1 unspecified atom stereocenters. The van der Waals surface area contributed by atoms with Crippen molar-refractivity contribution in [1.82, 2.24) is 0 Å². The highest BCUT2D eigenvalue weighted by Crippen LogP contribution is 2.19. The Hall–Kier alpha value is -1.77. The molecule has 3 heteroatoms. The number of carbonyl (C=O) groups is 1. The Balaban J connectivity index is 2.02. The number of hydrogen-bond donors (Lipinski definition) is 2. The third kappa shape index (κ3) is 3.63. The molecule has 1 aliphatic carbocycles. The van der Waals surface area contributed by atoms with Gasteiger partial charge in [0.2, 0.25) is 5.91 Å². The van der Waals surface area contributed by atoms with Gasteiger partial charge in [-0.3, -0.25) is 4.79 Å². The molecule has 1 atom stereocenters. The molecule has 0 fully saturated rings. The smallest absolute Gasteiger partial charge is 0.221 e. The highest BCUT2D eigenvalue weighted by atomic mass is 16.1.